The summed E-state index contributed by atoms with van der Waals surface area (Å²) in [5.74, 6) is 6.50. The summed E-state index contributed by atoms with van der Waals surface area (Å²) >= 11 is 0. The van der Waals surface area contributed by atoms with Crippen LogP contribution in [0.2, 0.25) is 0 Å². The molecule has 2 aromatic carbocycles. The zero-order valence-corrected chi connectivity index (χ0v) is 18.3. The summed E-state index contributed by atoms with van der Waals surface area (Å²) < 4.78 is 0. The van der Waals surface area contributed by atoms with Crippen LogP contribution in [0.1, 0.15) is 31.2 Å². The number of benzene rings is 2. The van der Waals surface area contributed by atoms with Crippen molar-refractivity contribution in [3.05, 3.63) is 52.4 Å². The molecule has 7 nitrogen and oxygen atoms in total. The Bertz CT molecular complexity index is 1180. The van der Waals surface area contributed by atoms with Crippen molar-refractivity contribution in [2.75, 3.05) is 18.1 Å². The first kappa shape index (κ1) is 20.6. The lowest BCUT2D eigenvalue weighted by Gasteiger charge is -2.24. The van der Waals surface area contributed by atoms with Crippen LogP contribution in [0.15, 0.2) is 36.4 Å². The second-order valence-corrected chi connectivity index (χ2v) is 8.93. The number of aryl methyl sites for hydroxylation is 1. The van der Waals surface area contributed by atoms with Gasteiger partial charge in [-0.2, -0.15) is 0 Å². The van der Waals surface area contributed by atoms with Gasteiger partial charge in [0, 0.05) is 25.2 Å². The molecule has 1 unspecified atom stereocenters. The van der Waals surface area contributed by atoms with Crippen molar-refractivity contribution in [3.63, 3.8) is 0 Å². The second kappa shape index (κ2) is 8.31. The molecule has 7 heteroatoms. The lowest BCUT2D eigenvalue weighted by molar-refractivity contribution is -0.122. The number of hydrazine groups is 1. The van der Waals surface area contributed by atoms with E-state index in [1.54, 1.807) is 4.90 Å². The lowest BCUT2D eigenvalue weighted by atomic mass is 9.98. The van der Waals surface area contributed by atoms with Crippen molar-refractivity contribution in [2.45, 2.75) is 38.8 Å². The minimum Gasteiger partial charge on any atom is -0.368 e. The van der Waals surface area contributed by atoms with E-state index in [9.17, 15) is 9.59 Å². The number of urea groups is 1. The van der Waals surface area contributed by atoms with Gasteiger partial charge >= 0.3 is 6.03 Å². The first-order valence-corrected chi connectivity index (χ1v) is 11.3. The molecule has 5 rings (SSSR count). The van der Waals surface area contributed by atoms with Crippen LogP contribution in [-0.2, 0) is 4.79 Å². The molecule has 2 aromatic rings. The van der Waals surface area contributed by atoms with Crippen molar-refractivity contribution in [1.29, 1.82) is 0 Å². The van der Waals surface area contributed by atoms with E-state index in [-0.39, 0.29) is 24.0 Å². The molecule has 1 atom stereocenters. The van der Waals surface area contributed by atoms with Gasteiger partial charge in [0.05, 0.1) is 5.69 Å². The summed E-state index contributed by atoms with van der Waals surface area (Å²) in [6.07, 6.45) is 7.84. The summed E-state index contributed by atoms with van der Waals surface area (Å²) in [6, 6.07) is 12.0. The van der Waals surface area contributed by atoms with Crippen LogP contribution in [0.25, 0.3) is 23.4 Å². The molecule has 0 radical (unpaired) electrons. The molecule has 3 amide bonds. The fourth-order valence-electron chi connectivity index (χ4n) is 4.37. The maximum atomic E-state index is 12.7. The van der Waals surface area contributed by atoms with E-state index < -0.39 is 0 Å². The average Bonchev–Trinajstić information content (AvgIpc) is 3.52. The highest BCUT2D eigenvalue weighted by atomic mass is 16.2. The third-order valence-corrected chi connectivity index (χ3v) is 6.49. The highest BCUT2D eigenvalue weighted by Crippen LogP contribution is 2.29. The number of hydrogen-bond donors (Lipinski definition) is 3. The number of rotatable bonds is 4. The van der Waals surface area contributed by atoms with Gasteiger partial charge in [0.25, 0.3) is 0 Å². The molecule has 4 N–H and O–H groups in total. The third-order valence-electron chi connectivity index (χ3n) is 6.49. The highest BCUT2D eigenvalue weighted by molar-refractivity contribution is 5.92. The molecule has 166 valence electrons. The van der Waals surface area contributed by atoms with Gasteiger partial charge < -0.3 is 15.5 Å². The van der Waals surface area contributed by atoms with Gasteiger partial charge in [-0.25, -0.2) is 15.6 Å². The maximum absolute atomic E-state index is 12.7. The SMILES string of the molecule is Cc1ccc(N(N)C(=O)N2CCCC2)cc1-c1ccc2c(c1)=CNC(NC(=O)C1CC1)C=2. The Morgan fingerprint density at radius 1 is 1.09 bits per heavy atom. The Balaban J connectivity index is 1.40. The Morgan fingerprint density at radius 2 is 1.88 bits per heavy atom. The Kier molecular flexibility index (Phi) is 5.35. The van der Waals surface area contributed by atoms with E-state index in [0.29, 0.717) is 5.69 Å². The van der Waals surface area contributed by atoms with Crippen molar-refractivity contribution in [2.24, 2.45) is 11.8 Å². The van der Waals surface area contributed by atoms with E-state index in [4.69, 9.17) is 5.84 Å². The normalized spacial score (nSPS) is 19.3. The molecule has 1 saturated carbocycles. The van der Waals surface area contributed by atoms with Crippen molar-refractivity contribution >= 4 is 29.9 Å². The fourth-order valence-corrected chi connectivity index (χ4v) is 4.37. The van der Waals surface area contributed by atoms with Gasteiger partial charge in [0.1, 0.15) is 6.17 Å². The van der Waals surface area contributed by atoms with Gasteiger partial charge in [-0.05, 0) is 84.0 Å². The van der Waals surface area contributed by atoms with Crippen molar-refractivity contribution in [1.82, 2.24) is 15.5 Å². The molecule has 1 saturated heterocycles. The number of likely N-dealkylation sites (tertiary alicyclic amines) is 1. The largest absolute Gasteiger partial charge is 0.368 e. The number of nitrogens with two attached hydrogens (primary N) is 1. The van der Waals surface area contributed by atoms with E-state index in [1.165, 1.54) is 5.01 Å². The fraction of sp³-hybridized carbons (Fsp3) is 0.360. The molecule has 2 aliphatic heterocycles. The molecular formula is C25H29N5O2. The maximum Gasteiger partial charge on any atom is 0.338 e. The van der Waals surface area contributed by atoms with Crippen LogP contribution in [0.3, 0.4) is 0 Å². The summed E-state index contributed by atoms with van der Waals surface area (Å²) in [4.78, 5) is 26.6. The van der Waals surface area contributed by atoms with Gasteiger partial charge in [0.15, 0.2) is 0 Å². The van der Waals surface area contributed by atoms with E-state index in [1.807, 2.05) is 30.5 Å². The predicted octanol–water partition coefficient (Wildman–Crippen LogP) is 1.53. The van der Waals surface area contributed by atoms with Crippen molar-refractivity contribution in [3.8, 4) is 11.1 Å². The summed E-state index contributed by atoms with van der Waals surface area (Å²) in [5.41, 5.74) is 3.87. The molecule has 3 aliphatic rings. The smallest absolute Gasteiger partial charge is 0.338 e. The van der Waals surface area contributed by atoms with Gasteiger partial charge in [-0.3, -0.25) is 4.79 Å². The molecule has 32 heavy (non-hydrogen) atoms. The minimum atomic E-state index is -0.186. The number of hydrogen-bond acceptors (Lipinski definition) is 4. The summed E-state index contributed by atoms with van der Waals surface area (Å²) in [6.45, 7) is 3.58. The molecule has 0 bridgehead atoms. The van der Waals surface area contributed by atoms with Crippen LogP contribution in [0.5, 0.6) is 0 Å². The number of nitrogens with zero attached hydrogens (tertiary/aromatic N) is 2. The van der Waals surface area contributed by atoms with Crippen LogP contribution in [0, 0.1) is 12.8 Å². The molecule has 2 fully saturated rings. The topological polar surface area (TPSA) is 90.7 Å². The van der Waals surface area contributed by atoms with E-state index >= 15 is 0 Å². The molecule has 0 aromatic heterocycles. The lowest BCUT2D eigenvalue weighted by Crippen LogP contribution is -2.48. The zero-order valence-electron chi connectivity index (χ0n) is 18.3. The van der Waals surface area contributed by atoms with Crippen LogP contribution in [-0.4, -0.2) is 36.1 Å². The number of carbonyl (C=O) groups is 2. The second-order valence-electron chi connectivity index (χ2n) is 8.93. The summed E-state index contributed by atoms with van der Waals surface area (Å²) in [7, 11) is 0. The van der Waals surface area contributed by atoms with Gasteiger partial charge in [-0.15, -0.1) is 0 Å². The monoisotopic (exact) mass is 431 g/mol. The molecular weight excluding hydrogens is 402 g/mol. The minimum absolute atomic E-state index is 0.120. The average molecular weight is 432 g/mol. The number of anilines is 1. The first-order valence-electron chi connectivity index (χ1n) is 11.3. The Morgan fingerprint density at radius 3 is 2.62 bits per heavy atom. The Labute approximate surface area is 187 Å². The van der Waals surface area contributed by atoms with Crippen LogP contribution >= 0.6 is 0 Å². The number of carbonyl (C=O) groups excluding carboxylic acids is 2. The van der Waals surface area contributed by atoms with Gasteiger partial charge in [0.2, 0.25) is 5.91 Å². The predicted molar refractivity (Wildman–Crippen MR) is 125 cm³/mol. The van der Waals surface area contributed by atoms with E-state index in [0.717, 1.165) is 65.9 Å². The molecule has 1 aliphatic carbocycles. The van der Waals surface area contributed by atoms with E-state index in [2.05, 4.69) is 35.8 Å². The van der Waals surface area contributed by atoms with Crippen molar-refractivity contribution < 1.29 is 9.59 Å². The third kappa shape index (κ3) is 4.08. The standard InChI is InChI=1S/C25H29N5O2/c1-16-4-9-21(30(26)25(32)29-10-2-3-11-29)14-22(16)19-8-7-18-13-23(27-15-20(18)12-19)28-24(31)17-5-6-17/h4,7-9,12-15,17,23,27H,2-3,5-6,10-11,26H2,1H3,(H,28,31). The first-order chi connectivity index (χ1) is 15.5. The number of fused-ring (bicyclic) bond motifs is 1. The van der Waals surface area contributed by atoms with Crippen LogP contribution < -0.4 is 31.9 Å². The number of nitrogens with one attached hydrogen (secondary N) is 2. The molecule has 0 spiro atoms. The summed E-state index contributed by atoms with van der Waals surface area (Å²) in [5, 5.41) is 9.69. The van der Waals surface area contributed by atoms with Crippen LogP contribution in [0.4, 0.5) is 10.5 Å². The highest BCUT2D eigenvalue weighted by Gasteiger charge is 2.30. The Hall–Kier alpha value is -3.32. The number of amides is 3. The quantitative estimate of drug-likeness (QED) is 0.389. The zero-order chi connectivity index (χ0) is 22.2. The molecule has 2 heterocycles. The van der Waals surface area contributed by atoms with Gasteiger partial charge in [-0.1, -0.05) is 18.2 Å².